The normalized spacial score (nSPS) is 10.1. The van der Waals surface area contributed by atoms with Crippen molar-refractivity contribution in [2.45, 2.75) is 59.3 Å². The number of rotatable bonds is 9. The molecule has 0 saturated heterocycles. The number of aromatic hydroxyl groups is 1. The summed E-state index contributed by atoms with van der Waals surface area (Å²) < 4.78 is 5.51. The molecule has 0 fully saturated rings. The average Bonchev–Trinajstić information content (AvgIpc) is 2.59. The Morgan fingerprint density at radius 1 is 0.920 bits per heavy atom. The maximum atomic E-state index is 12.3. The van der Waals surface area contributed by atoms with Crippen molar-refractivity contribution in [3.63, 3.8) is 0 Å². The molecule has 0 unspecified atom stereocenters. The van der Waals surface area contributed by atoms with E-state index in [9.17, 15) is 9.90 Å². The fraction of sp³-hybridized carbons (Fsp3) is 0.409. The highest BCUT2D eigenvalue weighted by Crippen LogP contribution is 2.24. The number of hydrogen-bond donors (Lipinski definition) is 1. The summed E-state index contributed by atoms with van der Waals surface area (Å²) >= 11 is 0. The number of phenols is 1. The molecule has 25 heavy (non-hydrogen) atoms. The van der Waals surface area contributed by atoms with Crippen LogP contribution in [0.25, 0.3) is 0 Å². The molecule has 136 valence electrons. The molecule has 0 spiro atoms. The van der Waals surface area contributed by atoms with Gasteiger partial charge < -0.3 is 9.84 Å². The van der Waals surface area contributed by atoms with Crippen molar-refractivity contribution >= 4 is 5.97 Å². The first-order valence-electron chi connectivity index (χ1n) is 8.80. The monoisotopic (exact) mass is 342 g/mol. The number of aryl methyl sites for hydroxylation is 1. The second kappa shape index (κ2) is 11.3. The molecule has 2 aromatic rings. The predicted molar refractivity (Wildman–Crippen MR) is 103 cm³/mol. The van der Waals surface area contributed by atoms with Gasteiger partial charge in [-0.15, -0.1) is 0 Å². The first-order chi connectivity index (χ1) is 11.7. The third kappa shape index (κ3) is 6.61. The Labute approximate surface area is 151 Å². The predicted octanol–water partition coefficient (Wildman–Crippen LogP) is 6.15. The van der Waals surface area contributed by atoms with Crippen molar-refractivity contribution in [3.8, 4) is 11.5 Å². The van der Waals surface area contributed by atoms with Gasteiger partial charge >= 0.3 is 5.97 Å². The van der Waals surface area contributed by atoms with E-state index in [4.69, 9.17) is 4.74 Å². The molecule has 0 heterocycles. The summed E-state index contributed by atoms with van der Waals surface area (Å²) in [4.78, 5) is 12.3. The second-order valence-electron chi connectivity index (χ2n) is 6.03. The van der Waals surface area contributed by atoms with Crippen LogP contribution >= 0.6 is 0 Å². The van der Waals surface area contributed by atoms with Crippen LogP contribution in [0.15, 0.2) is 48.5 Å². The third-order valence-corrected chi connectivity index (χ3v) is 4.10. The molecule has 0 aromatic heterocycles. The van der Waals surface area contributed by atoms with Crippen molar-refractivity contribution in [3.05, 3.63) is 59.7 Å². The van der Waals surface area contributed by atoms with Gasteiger partial charge in [0, 0.05) is 0 Å². The lowest BCUT2D eigenvalue weighted by Crippen LogP contribution is -2.10. The highest BCUT2D eigenvalue weighted by molar-refractivity contribution is 5.93. The number of carbonyl (C=O) groups excluding carboxylic acids is 1. The van der Waals surface area contributed by atoms with Crippen LogP contribution in [0.5, 0.6) is 11.5 Å². The standard InChI is InChI=1S/C21H26O3.CH4/c1-2-3-4-5-6-7-12-17-13-8-11-16-20(17)24-21(23)18-14-9-10-15-19(18)22;/h8-11,13-16,22H,2-7,12H2,1H3;1H4. The molecular weight excluding hydrogens is 312 g/mol. The fourth-order valence-electron chi connectivity index (χ4n) is 2.71. The van der Waals surface area contributed by atoms with Crippen molar-refractivity contribution in [2.24, 2.45) is 0 Å². The fourth-order valence-corrected chi connectivity index (χ4v) is 2.71. The van der Waals surface area contributed by atoms with Gasteiger partial charge in [-0.2, -0.15) is 0 Å². The van der Waals surface area contributed by atoms with Crippen LogP contribution in [-0.2, 0) is 6.42 Å². The Bertz CT molecular complexity index is 649. The molecule has 0 radical (unpaired) electrons. The van der Waals surface area contributed by atoms with E-state index in [-0.39, 0.29) is 18.7 Å². The molecule has 1 N–H and O–H groups in total. The van der Waals surface area contributed by atoms with Gasteiger partial charge in [0.2, 0.25) is 0 Å². The van der Waals surface area contributed by atoms with E-state index in [2.05, 4.69) is 6.92 Å². The lowest BCUT2D eigenvalue weighted by molar-refractivity contribution is 0.0730. The molecule has 0 aliphatic carbocycles. The summed E-state index contributed by atoms with van der Waals surface area (Å²) in [5.41, 5.74) is 1.23. The van der Waals surface area contributed by atoms with Crippen molar-refractivity contribution in [2.75, 3.05) is 0 Å². The molecule has 2 rings (SSSR count). The first-order valence-corrected chi connectivity index (χ1v) is 8.80. The zero-order chi connectivity index (χ0) is 17.2. The van der Waals surface area contributed by atoms with Crippen LogP contribution in [0.2, 0.25) is 0 Å². The van der Waals surface area contributed by atoms with Gasteiger partial charge in [-0.3, -0.25) is 0 Å². The molecule has 0 saturated carbocycles. The molecule has 0 atom stereocenters. The van der Waals surface area contributed by atoms with E-state index in [0.29, 0.717) is 5.75 Å². The summed E-state index contributed by atoms with van der Waals surface area (Å²) in [5.74, 6) is -0.00119. The van der Waals surface area contributed by atoms with Crippen molar-refractivity contribution in [1.82, 2.24) is 0 Å². The first kappa shape index (κ1) is 20.8. The molecule has 0 bridgehead atoms. The Morgan fingerprint density at radius 3 is 2.32 bits per heavy atom. The highest BCUT2D eigenvalue weighted by Gasteiger charge is 2.14. The minimum Gasteiger partial charge on any atom is -0.507 e. The van der Waals surface area contributed by atoms with Gasteiger partial charge in [0.15, 0.2) is 0 Å². The minimum atomic E-state index is -0.525. The maximum Gasteiger partial charge on any atom is 0.347 e. The number of benzene rings is 2. The van der Waals surface area contributed by atoms with Crippen molar-refractivity contribution < 1.29 is 14.6 Å². The number of phenolic OH excluding ortho intramolecular Hbond substituents is 1. The maximum absolute atomic E-state index is 12.3. The Kier molecular flexibility index (Phi) is 9.38. The number of hydrogen-bond acceptors (Lipinski definition) is 3. The number of carbonyl (C=O) groups is 1. The molecule has 0 aliphatic rings. The van der Waals surface area contributed by atoms with Gasteiger partial charge in [0.1, 0.15) is 17.1 Å². The summed E-state index contributed by atoms with van der Waals surface area (Å²) in [5, 5.41) is 9.77. The van der Waals surface area contributed by atoms with Gasteiger partial charge in [0.05, 0.1) is 0 Å². The molecule has 0 aliphatic heterocycles. The number of para-hydroxylation sites is 2. The summed E-state index contributed by atoms with van der Waals surface area (Å²) in [6.45, 7) is 2.22. The van der Waals surface area contributed by atoms with Gasteiger partial charge in [-0.1, -0.05) is 76.8 Å². The SMILES string of the molecule is C.CCCCCCCCc1ccccc1OC(=O)c1ccccc1O. The van der Waals surface area contributed by atoms with E-state index in [0.717, 1.165) is 18.4 Å². The largest absolute Gasteiger partial charge is 0.507 e. The Balaban J connectivity index is 0.00000312. The van der Waals surface area contributed by atoms with Crippen molar-refractivity contribution in [1.29, 1.82) is 0 Å². The number of unbranched alkanes of at least 4 members (excludes halogenated alkanes) is 5. The zero-order valence-corrected chi connectivity index (χ0v) is 14.3. The summed E-state index contributed by atoms with van der Waals surface area (Å²) in [6.07, 6.45) is 8.29. The van der Waals surface area contributed by atoms with Crippen LogP contribution in [0.1, 0.15) is 68.8 Å². The number of esters is 1. The van der Waals surface area contributed by atoms with Gasteiger partial charge in [-0.05, 0) is 36.6 Å². The van der Waals surface area contributed by atoms with Gasteiger partial charge in [0.25, 0.3) is 0 Å². The average molecular weight is 342 g/mol. The molecule has 3 nitrogen and oxygen atoms in total. The van der Waals surface area contributed by atoms with Crippen LogP contribution < -0.4 is 4.74 Å². The summed E-state index contributed by atoms with van der Waals surface area (Å²) in [6, 6.07) is 14.1. The van der Waals surface area contributed by atoms with E-state index in [1.54, 1.807) is 18.2 Å². The number of ether oxygens (including phenoxy) is 1. The van der Waals surface area contributed by atoms with E-state index < -0.39 is 5.97 Å². The lowest BCUT2D eigenvalue weighted by Gasteiger charge is -2.10. The summed E-state index contributed by atoms with van der Waals surface area (Å²) in [7, 11) is 0. The topological polar surface area (TPSA) is 46.5 Å². The second-order valence-corrected chi connectivity index (χ2v) is 6.03. The third-order valence-electron chi connectivity index (χ3n) is 4.10. The van der Waals surface area contributed by atoms with Crippen LogP contribution in [0.4, 0.5) is 0 Å². The smallest absolute Gasteiger partial charge is 0.347 e. The van der Waals surface area contributed by atoms with Crippen LogP contribution in [0.3, 0.4) is 0 Å². The zero-order valence-electron chi connectivity index (χ0n) is 14.3. The Hall–Kier alpha value is -2.29. The van der Waals surface area contributed by atoms with E-state index in [1.165, 1.54) is 38.2 Å². The van der Waals surface area contributed by atoms with E-state index >= 15 is 0 Å². The molecule has 3 heteroatoms. The molecule has 0 amide bonds. The minimum absolute atomic E-state index is 0. The van der Waals surface area contributed by atoms with Gasteiger partial charge in [-0.25, -0.2) is 4.79 Å². The molecule has 2 aromatic carbocycles. The van der Waals surface area contributed by atoms with Crippen LogP contribution in [-0.4, -0.2) is 11.1 Å². The Morgan fingerprint density at radius 2 is 1.56 bits per heavy atom. The lowest BCUT2D eigenvalue weighted by atomic mass is 10.0. The quantitative estimate of drug-likeness (QED) is 0.338. The van der Waals surface area contributed by atoms with E-state index in [1.807, 2.05) is 24.3 Å². The highest BCUT2D eigenvalue weighted by atomic mass is 16.5. The molecular formula is C22H30O3. The van der Waals surface area contributed by atoms with Crippen LogP contribution in [0, 0.1) is 0 Å².